The van der Waals surface area contributed by atoms with Crippen molar-refractivity contribution in [3.05, 3.63) is 83.9 Å². The van der Waals surface area contributed by atoms with Crippen LogP contribution in [0.2, 0.25) is 0 Å². The van der Waals surface area contributed by atoms with Gasteiger partial charge in [0.1, 0.15) is 11.5 Å². The maximum absolute atomic E-state index is 11.9. The van der Waals surface area contributed by atoms with E-state index in [1.54, 1.807) is 12.1 Å². The number of carbonyl (C=O) groups excluding carboxylic acids is 2. The zero-order chi connectivity index (χ0) is 18.1. The first-order chi connectivity index (χ1) is 12.1. The standard InChI is InChI=1S/C16H11O4.C5H5.Fe/c1-11(17)20-13-7-8-14(16(19)10-13)15(18)9-6-12-4-2-3-5-12;1-2-4-5-3-1;/h2-5,7-8,10,19H,1H3;1-5H;/q2*-1;+2. The third kappa shape index (κ3) is 6.82. The van der Waals surface area contributed by atoms with Gasteiger partial charge in [-0.05, 0) is 12.1 Å². The topological polar surface area (TPSA) is 63.6 Å². The Kier molecular flexibility index (Phi) is 8.66. The summed E-state index contributed by atoms with van der Waals surface area (Å²) in [6.45, 7) is 1.25. The molecule has 0 fully saturated rings. The van der Waals surface area contributed by atoms with Crippen molar-refractivity contribution in [2.75, 3.05) is 0 Å². The Morgan fingerprint density at radius 1 is 1.08 bits per heavy atom. The van der Waals surface area contributed by atoms with Crippen LogP contribution in [0.1, 0.15) is 22.8 Å². The van der Waals surface area contributed by atoms with Gasteiger partial charge in [0.05, 0.1) is 5.56 Å². The molecule has 0 aliphatic carbocycles. The van der Waals surface area contributed by atoms with Gasteiger partial charge in [-0.2, -0.15) is 42.3 Å². The summed E-state index contributed by atoms with van der Waals surface area (Å²) in [4.78, 5) is 22.6. The quantitative estimate of drug-likeness (QED) is 0.182. The first-order valence-electron chi connectivity index (χ1n) is 7.52. The molecule has 0 aromatic heterocycles. The molecule has 0 saturated heterocycles. The molecule has 3 rings (SSSR count). The van der Waals surface area contributed by atoms with Gasteiger partial charge in [0, 0.05) is 13.0 Å². The Balaban J connectivity index is 0.000000486. The third-order valence-electron chi connectivity index (χ3n) is 3.01. The molecule has 0 atom stereocenters. The average molecular weight is 388 g/mol. The monoisotopic (exact) mass is 388 g/mol. The Morgan fingerprint density at radius 2 is 1.81 bits per heavy atom. The van der Waals surface area contributed by atoms with Crippen LogP contribution in [0.25, 0.3) is 0 Å². The fourth-order valence-electron chi connectivity index (χ4n) is 1.91. The number of phenolic OH excluding ortho intramolecular Hbond substituents is 1. The van der Waals surface area contributed by atoms with Crippen LogP contribution >= 0.6 is 0 Å². The van der Waals surface area contributed by atoms with Crippen LogP contribution in [0.3, 0.4) is 0 Å². The normalized spacial score (nSPS) is 8.81. The number of aromatic hydroxyl groups is 1. The predicted octanol–water partition coefficient (Wildman–Crippen LogP) is 3.67. The number of rotatable bonds is 2. The molecule has 3 aromatic rings. The molecule has 0 amide bonds. The van der Waals surface area contributed by atoms with E-state index in [1.807, 2.05) is 42.5 Å². The van der Waals surface area contributed by atoms with Gasteiger partial charge < -0.3 is 9.84 Å². The van der Waals surface area contributed by atoms with Gasteiger partial charge in [-0.25, -0.2) is 12.1 Å². The zero-order valence-corrected chi connectivity index (χ0v) is 15.1. The van der Waals surface area contributed by atoms with E-state index in [4.69, 9.17) is 4.74 Å². The van der Waals surface area contributed by atoms with Gasteiger partial charge in [0.2, 0.25) is 5.78 Å². The summed E-state index contributed by atoms with van der Waals surface area (Å²) < 4.78 is 4.80. The fraction of sp³-hybridized carbons (Fsp3) is 0.0476. The van der Waals surface area contributed by atoms with Crippen molar-refractivity contribution in [3.63, 3.8) is 0 Å². The molecule has 132 valence electrons. The van der Waals surface area contributed by atoms with Crippen molar-refractivity contribution in [1.82, 2.24) is 0 Å². The van der Waals surface area contributed by atoms with Gasteiger partial charge >= 0.3 is 23.0 Å². The van der Waals surface area contributed by atoms with E-state index in [0.29, 0.717) is 0 Å². The second-order valence-electron chi connectivity index (χ2n) is 4.99. The largest absolute Gasteiger partial charge is 2.00 e. The number of phenols is 1. The summed E-state index contributed by atoms with van der Waals surface area (Å²) in [5, 5.41) is 9.75. The summed E-state index contributed by atoms with van der Waals surface area (Å²) in [5.41, 5.74) is 0.800. The van der Waals surface area contributed by atoms with Gasteiger partial charge in [-0.3, -0.25) is 9.59 Å². The first-order valence-corrected chi connectivity index (χ1v) is 7.52. The van der Waals surface area contributed by atoms with Crippen LogP contribution in [0.4, 0.5) is 0 Å². The molecule has 0 spiro atoms. The van der Waals surface area contributed by atoms with Crippen molar-refractivity contribution in [2.24, 2.45) is 0 Å². The molecule has 4 nitrogen and oxygen atoms in total. The summed E-state index contributed by atoms with van der Waals surface area (Å²) in [7, 11) is 0. The number of ketones is 1. The van der Waals surface area contributed by atoms with Crippen molar-refractivity contribution in [2.45, 2.75) is 6.92 Å². The van der Waals surface area contributed by atoms with E-state index in [-0.39, 0.29) is 34.1 Å². The van der Waals surface area contributed by atoms with Crippen LogP contribution in [0.5, 0.6) is 11.5 Å². The molecule has 3 aromatic carbocycles. The van der Waals surface area contributed by atoms with Gasteiger partial charge in [-0.15, -0.1) is 11.6 Å². The Morgan fingerprint density at radius 3 is 2.31 bits per heavy atom. The smallest absolute Gasteiger partial charge is 0.507 e. The van der Waals surface area contributed by atoms with Gasteiger partial charge in [0.25, 0.3) is 0 Å². The number of benzene rings is 1. The van der Waals surface area contributed by atoms with Crippen LogP contribution in [-0.4, -0.2) is 16.9 Å². The molecule has 1 N–H and O–H groups in total. The number of ether oxygens (including phenoxy) is 1. The van der Waals surface area contributed by atoms with Crippen molar-refractivity contribution in [3.8, 4) is 23.3 Å². The minimum absolute atomic E-state index is 0. The summed E-state index contributed by atoms with van der Waals surface area (Å²) >= 11 is 0. The zero-order valence-electron chi connectivity index (χ0n) is 14.0. The molecule has 0 bridgehead atoms. The average Bonchev–Trinajstić information content (AvgIpc) is 3.28. The summed E-state index contributed by atoms with van der Waals surface area (Å²) in [6.07, 6.45) is 0. The number of carbonyl (C=O) groups is 2. The van der Waals surface area contributed by atoms with E-state index < -0.39 is 11.8 Å². The van der Waals surface area contributed by atoms with Gasteiger partial charge in [0.15, 0.2) is 0 Å². The van der Waals surface area contributed by atoms with E-state index in [1.165, 1.54) is 25.1 Å². The minimum atomic E-state index is -0.502. The number of hydrogen-bond donors (Lipinski definition) is 1. The number of Topliss-reactive ketones (excluding diaryl/α,β-unsaturated/α-hetero) is 1. The SMILES string of the molecule is CC(=O)Oc1ccc(C(=O)C#Cc2ccc[cH-]2)c(O)c1.[Fe+2].c1cc[cH-]c1. The summed E-state index contributed by atoms with van der Waals surface area (Å²) in [6, 6.07) is 21.2. The fourth-order valence-corrected chi connectivity index (χ4v) is 1.91. The molecule has 0 unspecified atom stereocenters. The molecule has 5 heteroatoms. The second kappa shape index (κ2) is 10.7. The molecular weight excluding hydrogens is 372 g/mol. The summed E-state index contributed by atoms with van der Waals surface area (Å²) in [5.74, 6) is 4.05. The third-order valence-corrected chi connectivity index (χ3v) is 3.01. The van der Waals surface area contributed by atoms with Gasteiger partial charge in [-0.1, -0.05) is 5.92 Å². The Hall–Kier alpha value is -3.06. The molecule has 26 heavy (non-hydrogen) atoms. The van der Waals surface area contributed by atoms with E-state index in [0.717, 1.165) is 5.56 Å². The molecule has 0 aliphatic rings. The van der Waals surface area contributed by atoms with Crippen molar-refractivity contribution in [1.29, 1.82) is 0 Å². The minimum Gasteiger partial charge on any atom is -0.507 e. The van der Waals surface area contributed by atoms with Crippen molar-refractivity contribution < 1.29 is 36.5 Å². The van der Waals surface area contributed by atoms with Crippen LogP contribution < -0.4 is 4.74 Å². The van der Waals surface area contributed by atoms with Crippen LogP contribution in [-0.2, 0) is 21.9 Å². The number of hydrogen-bond acceptors (Lipinski definition) is 4. The Labute approximate surface area is 162 Å². The maximum Gasteiger partial charge on any atom is 2.00 e. The first kappa shape index (κ1) is 21.0. The molecule has 0 radical (unpaired) electrons. The van der Waals surface area contributed by atoms with Crippen LogP contribution in [0.15, 0.2) is 72.8 Å². The van der Waals surface area contributed by atoms with E-state index in [2.05, 4.69) is 11.8 Å². The number of esters is 1. The molecule has 0 saturated carbocycles. The van der Waals surface area contributed by atoms with Crippen molar-refractivity contribution >= 4 is 11.8 Å². The van der Waals surface area contributed by atoms with E-state index >= 15 is 0 Å². The Bertz CT molecular complexity index is 865. The predicted molar refractivity (Wildman–Crippen MR) is 94.7 cm³/mol. The van der Waals surface area contributed by atoms with E-state index in [9.17, 15) is 14.7 Å². The van der Waals surface area contributed by atoms with Crippen LogP contribution in [0, 0.1) is 11.8 Å². The maximum atomic E-state index is 11.9. The second-order valence-corrected chi connectivity index (χ2v) is 4.99. The molecular formula is C21H16FeO4. The molecule has 0 heterocycles. The molecule has 0 aliphatic heterocycles.